The summed E-state index contributed by atoms with van der Waals surface area (Å²) in [5, 5.41) is 18.0. The van der Waals surface area contributed by atoms with Crippen molar-refractivity contribution in [3.63, 3.8) is 0 Å². The van der Waals surface area contributed by atoms with Crippen LogP contribution >= 0.6 is 0 Å². The third-order valence-electron chi connectivity index (χ3n) is 5.33. The number of hydrogen-bond acceptors (Lipinski definition) is 6. The van der Waals surface area contributed by atoms with Gasteiger partial charge in [-0.15, -0.1) is 0 Å². The molecule has 3 rings (SSSR count). The van der Waals surface area contributed by atoms with Crippen molar-refractivity contribution in [2.75, 3.05) is 6.61 Å². The average Bonchev–Trinajstić information content (AvgIpc) is 2.69. The molecule has 0 unspecified atom stereocenters. The van der Waals surface area contributed by atoms with Gasteiger partial charge in [0.05, 0.1) is 6.04 Å². The topological polar surface area (TPSA) is 99.8 Å². The maximum absolute atomic E-state index is 11.6. The van der Waals surface area contributed by atoms with E-state index < -0.39 is 6.29 Å². The van der Waals surface area contributed by atoms with Gasteiger partial charge in [-0.1, -0.05) is 19.6 Å². The molecule has 28 heavy (non-hydrogen) atoms. The van der Waals surface area contributed by atoms with Gasteiger partial charge >= 0.3 is 0 Å². The number of nitrogens with two attached hydrogens (primary N) is 1. The zero-order valence-electron chi connectivity index (χ0n) is 16.6. The molecule has 2 aliphatic heterocycles. The monoisotopic (exact) mass is 386 g/mol. The smallest absolute Gasteiger partial charge is 0.224 e. The van der Waals surface area contributed by atoms with Crippen LogP contribution in [-0.2, 0) is 9.53 Å². The van der Waals surface area contributed by atoms with E-state index in [4.69, 9.17) is 10.6 Å². The highest BCUT2D eigenvalue weighted by Crippen LogP contribution is 2.33. The third kappa shape index (κ3) is 4.38. The molecule has 0 spiro atoms. The van der Waals surface area contributed by atoms with E-state index in [9.17, 15) is 9.90 Å². The number of hydrazine groups is 1. The molecule has 0 saturated carbocycles. The predicted octanol–water partition coefficient (Wildman–Crippen LogP) is 1.92. The third-order valence-corrected chi connectivity index (χ3v) is 5.33. The summed E-state index contributed by atoms with van der Waals surface area (Å²) in [6.07, 6.45) is 9.79. The van der Waals surface area contributed by atoms with Crippen LogP contribution in [0, 0.1) is 5.92 Å². The van der Waals surface area contributed by atoms with Gasteiger partial charge in [0, 0.05) is 30.3 Å². The summed E-state index contributed by atoms with van der Waals surface area (Å²) in [4.78, 5) is 11.6. The maximum atomic E-state index is 11.6. The number of ether oxygens (including phenoxy) is 1. The lowest BCUT2D eigenvalue weighted by molar-refractivity contribution is -0.120. The largest absolute Gasteiger partial charge is 0.366 e. The summed E-state index contributed by atoms with van der Waals surface area (Å²) in [5.41, 5.74) is 4.01. The van der Waals surface area contributed by atoms with Crippen LogP contribution in [0.25, 0.3) is 0 Å². The Labute approximate surface area is 166 Å². The first-order valence-electron chi connectivity index (χ1n) is 9.85. The molecular weight excluding hydrogens is 356 g/mol. The lowest BCUT2D eigenvalue weighted by atomic mass is 9.84. The summed E-state index contributed by atoms with van der Waals surface area (Å²) in [6.45, 7) is 8.53. The minimum atomic E-state index is -0.954. The molecule has 3 aliphatic rings. The highest BCUT2D eigenvalue weighted by molar-refractivity contribution is 5.80. The number of rotatable bonds is 6. The van der Waals surface area contributed by atoms with Gasteiger partial charge in [0.25, 0.3) is 0 Å². The van der Waals surface area contributed by atoms with Gasteiger partial charge in [-0.25, -0.2) is 5.84 Å². The number of nitrogens with zero attached hydrogens (tertiary/aromatic N) is 1. The summed E-state index contributed by atoms with van der Waals surface area (Å²) < 4.78 is 5.33. The summed E-state index contributed by atoms with van der Waals surface area (Å²) in [7, 11) is 0. The Balaban J connectivity index is 1.75. The van der Waals surface area contributed by atoms with Crippen LogP contribution in [-0.4, -0.2) is 35.0 Å². The molecule has 0 bridgehead atoms. The lowest BCUT2D eigenvalue weighted by Crippen LogP contribution is -2.50. The van der Waals surface area contributed by atoms with Crippen LogP contribution in [0.5, 0.6) is 0 Å². The van der Waals surface area contributed by atoms with Crippen molar-refractivity contribution in [3.05, 3.63) is 59.2 Å². The second-order valence-corrected chi connectivity index (χ2v) is 7.24. The number of nitrogens with one attached hydrogen (secondary N) is 2. The van der Waals surface area contributed by atoms with E-state index in [1.54, 1.807) is 5.01 Å². The van der Waals surface area contributed by atoms with Crippen molar-refractivity contribution < 1.29 is 14.6 Å². The fourth-order valence-electron chi connectivity index (χ4n) is 3.71. The van der Waals surface area contributed by atoms with E-state index in [2.05, 4.69) is 23.3 Å². The Morgan fingerprint density at radius 2 is 2.29 bits per heavy atom. The number of aliphatic hydroxyl groups is 1. The SMILES string of the molecule is C=C(/C=C1/N[C@@H]([C@H](O)OCC)C=C(CC)N1N)[C@@H]1C=CC2=C(CCC(=O)N2)C1. The second kappa shape index (κ2) is 8.77. The van der Waals surface area contributed by atoms with Crippen LogP contribution in [0.2, 0.25) is 0 Å². The van der Waals surface area contributed by atoms with Gasteiger partial charge in [-0.2, -0.15) is 0 Å². The second-order valence-electron chi connectivity index (χ2n) is 7.24. The zero-order chi connectivity index (χ0) is 20.3. The molecule has 0 aromatic rings. The summed E-state index contributed by atoms with van der Waals surface area (Å²) >= 11 is 0. The maximum Gasteiger partial charge on any atom is 0.224 e. The van der Waals surface area contributed by atoms with E-state index >= 15 is 0 Å². The van der Waals surface area contributed by atoms with Crippen LogP contribution < -0.4 is 16.5 Å². The lowest BCUT2D eigenvalue weighted by Gasteiger charge is -2.36. The Bertz CT molecular complexity index is 766. The number of carbonyl (C=O) groups excluding carboxylic acids is 1. The van der Waals surface area contributed by atoms with E-state index in [1.165, 1.54) is 5.57 Å². The minimum Gasteiger partial charge on any atom is -0.366 e. The summed E-state index contributed by atoms with van der Waals surface area (Å²) in [6, 6.07) is -0.376. The molecule has 5 N–H and O–H groups in total. The molecule has 152 valence electrons. The zero-order valence-corrected chi connectivity index (χ0v) is 16.6. The predicted molar refractivity (Wildman–Crippen MR) is 108 cm³/mol. The number of hydrogen-bond donors (Lipinski definition) is 4. The Morgan fingerprint density at radius 3 is 3.00 bits per heavy atom. The van der Waals surface area contributed by atoms with Gasteiger partial charge in [0.15, 0.2) is 6.29 Å². The Morgan fingerprint density at radius 1 is 1.50 bits per heavy atom. The van der Waals surface area contributed by atoms with Crippen LogP contribution in [0.3, 0.4) is 0 Å². The van der Waals surface area contributed by atoms with Crippen molar-refractivity contribution in [2.24, 2.45) is 11.8 Å². The quantitative estimate of drug-likeness (QED) is 0.411. The Kier molecular flexibility index (Phi) is 6.39. The van der Waals surface area contributed by atoms with Crippen LogP contribution in [0.15, 0.2) is 59.2 Å². The minimum absolute atomic E-state index is 0.0748. The molecule has 0 saturated heterocycles. The molecule has 7 nitrogen and oxygen atoms in total. The van der Waals surface area contributed by atoms with Crippen LogP contribution in [0.4, 0.5) is 0 Å². The molecule has 0 fully saturated rings. The van der Waals surface area contributed by atoms with Gasteiger partial charge in [0.1, 0.15) is 5.82 Å². The first kappa shape index (κ1) is 20.4. The molecule has 0 aromatic heterocycles. The highest BCUT2D eigenvalue weighted by Gasteiger charge is 2.28. The van der Waals surface area contributed by atoms with E-state index in [1.807, 2.05) is 32.1 Å². The van der Waals surface area contributed by atoms with Gasteiger partial charge in [0.2, 0.25) is 5.91 Å². The Hall–Kier alpha value is -2.35. The standard InChI is InChI=1S/C21H30N4O3/c1-4-16-12-18(21(27)28-5-2)23-19(25(16)22)10-13(3)14-6-8-17-15(11-14)7-9-20(26)24-17/h6,8,10,12,14,18,21,23,27H,3-5,7,9,11,22H2,1-2H3,(H,24,26)/b19-10-/t14-,18-,21-/m1/s1. The number of aliphatic hydroxyl groups excluding tert-OH is 1. The van der Waals surface area contributed by atoms with E-state index in [0.29, 0.717) is 18.8 Å². The van der Waals surface area contributed by atoms with Crippen molar-refractivity contribution in [1.82, 2.24) is 15.6 Å². The van der Waals surface area contributed by atoms with Crippen molar-refractivity contribution >= 4 is 5.91 Å². The number of allylic oxidation sites excluding steroid dienone is 6. The molecule has 3 atom stereocenters. The molecule has 0 aromatic carbocycles. The molecular formula is C21H30N4O3. The fraction of sp³-hybridized carbons (Fsp3) is 0.476. The summed E-state index contributed by atoms with van der Waals surface area (Å²) in [5.74, 6) is 7.16. The van der Waals surface area contributed by atoms with Crippen molar-refractivity contribution in [1.29, 1.82) is 0 Å². The van der Waals surface area contributed by atoms with Gasteiger partial charge in [-0.3, -0.25) is 9.80 Å². The van der Waals surface area contributed by atoms with E-state index in [-0.39, 0.29) is 17.9 Å². The molecule has 7 heteroatoms. The fourth-order valence-corrected chi connectivity index (χ4v) is 3.71. The molecule has 0 radical (unpaired) electrons. The number of carbonyl (C=O) groups is 1. The van der Waals surface area contributed by atoms with Crippen LogP contribution in [0.1, 0.15) is 39.5 Å². The normalized spacial score (nSPS) is 27.1. The molecule has 1 amide bonds. The van der Waals surface area contributed by atoms with Gasteiger partial charge < -0.3 is 20.5 Å². The molecule has 2 heterocycles. The highest BCUT2D eigenvalue weighted by atomic mass is 16.6. The molecule has 1 aliphatic carbocycles. The van der Waals surface area contributed by atoms with Gasteiger partial charge in [-0.05, 0) is 55.6 Å². The average molecular weight is 386 g/mol. The van der Waals surface area contributed by atoms with Crippen molar-refractivity contribution in [3.8, 4) is 0 Å². The van der Waals surface area contributed by atoms with Crippen molar-refractivity contribution in [2.45, 2.75) is 51.9 Å². The number of amides is 1. The first-order valence-corrected chi connectivity index (χ1v) is 9.85. The first-order chi connectivity index (χ1) is 13.4. The van der Waals surface area contributed by atoms with E-state index in [0.717, 1.165) is 36.2 Å².